The molecule has 1 unspecified atom stereocenters. The number of alkyl halides is 1. The molecule has 0 saturated heterocycles. The van der Waals surface area contributed by atoms with E-state index in [1.54, 1.807) is 0 Å². The Bertz CT molecular complexity index is 709. The van der Waals surface area contributed by atoms with Crippen LogP contribution in [0.3, 0.4) is 0 Å². The molecule has 4 heteroatoms. The highest BCUT2D eigenvalue weighted by Crippen LogP contribution is 2.33. The number of hydrogen-bond acceptors (Lipinski definition) is 1. The Balaban J connectivity index is 1.93. The van der Waals surface area contributed by atoms with Gasteiger partial charge < -0.3 is 0 Å². The van der Waals surface area contributed by atoms with Gasteiger partial charge in [-0.2, -0.15) is 5.10 Å². The molecule has 1 atom stereocenters. The van der Waals surface area contributed by atoms with Crippen molar-refractivity contribution in [3.8, 4) is 5.69 Å². The average Bonchev–Trinajstić information content (AvgIpc) is 2.98. The van der Waals surface area contributed by atoms with Gasteiger partial charge in [-0.25, -0.2) is 4.68 Å². The number of halogens is 2. The molecule has 0 bridgehead atoms. The summed E-state index contributed by atoms with van der Waals surface area (Å²) in [6.07, 6.45) is 3.98. The first-order valence-electron chi connectivity index (χ1n) is 6.24. The van der Waals surface area contributed by atoms with Gasteiger partial charge in [0.2, 0.25) is 0 Å². The molecule has 0 radical (unpaired) electrons. The minimum Gasteiger partial charge on any atom is -0.241 e. The first-order chi connectivity index (χ1) is 9.75. The van der Waals surface area contributed by atoms with Crippen LogP contribution in [0.2, 0.25) is 0 Å². The number of aromatic nitrogens is 2. The zero-order chi connectivity index (χ0) is 13.9. The second-order valence-electron chi connectivity index (χ2n) is 4.44. The van der Waals surface area contributed by atoms with Crippen molar-refractivity contribution >= 4 is 38.5 Å². The van der Waals surface area contributed by atoms with Crippen molar-refractivity contribution < 1.29 is 0 Å². The van der Waals surface area contributed by atoms with Crippen LogP contribution in [0.15, 0.2) is 67.0 Å². The zero-order valence-corrected chi connectivity index (χ0v) is 14.3. The molecular formula is C16H12BrIN2. The summed E-state index contributed by atoms with van der Waals surface area (Å²) in [4.78, 5) is 0.160. The van der Waals surface area contributed by atoms with Crippen molar-refractivity contribution in [1.29, 1.82) is 0 Å². The van der Waals surface area contributed by atoms with E-state index in [1.807, 2.05) is 41.2 Å². The lowest BCUT2D eigenvalue weighted by molar-refractivity contribution is 0.880. The summed E-state index contributed by atoms with van der Waals surface area (Å²) >= 11 is 6.14. The number of hydrogen-bond donors (Lipinski definition) is 0. The topological polar surface area (TPSA) is 17.8 Å². The number of nitrogens with zero attached hydrogens (tertiary/aromatic N) is 2. The predicted molar refractivity (Wildman–Crippen MR) is 93.5 cm³/mol. The highest BCUT2D eigenvalue weighted by Gasteiger charge is 2.15. The summed E-state index contributed by atoms with van der Waals surface area (Å²) in [5.74, 6) is 0. The summed E-state index contributed by atoms with van der Waals surface area (Å²) < 4.78 is 3.15. The van der Waals surface area contributed by atoms with Gasteiger partial charge >= 0.3 is 0 Å². The standard InChI is InChI=1S/C16H12BrIN2/c17-16(14-8-4-5-9-15(14)18)12-10-19-20(11-12)13-6-2-1-3-7-13/h1-11,16H. The van der Waals surface area contributed by atoms with Crippen LogP contribution in [0.5, 0.6) is 0 Å². The summed E-state index contributed by atoms with van der Waals surface area (Å²) in [5.41, 5.74) is 3.49. The Kier molecular flexibility index (Phi) is 4.21. The van der Waals surface area contributed by atoms with E-state index < -0.39 is 0 Å². The molecule has 0 N–H and O–H groups in total. The molecule has 0 saturated carbocycles. The number of rotatable bonds is 3. The normalized spacial score (nSPS) is 12.3. The molecule has 0 fully saturated rings. The predicted octanol–water partition coefficient (Wildman–Crippen LogP) is 4.96. The average molecular weight is 439 g/mol. The van der Waals surface area contributed by atoms with Gasteiger partial charge in [0, 0.05) is 15.3 Å². The zero-order valence-electron chi connectivity index (χ0n) is 10.6. The van der Waals surface area contributed by atoms with Gasteiger partial charge in [-0.15, -0.1) is 0 Å². The highest BCUT2D eigenvalue weighted by molar-refractivity contribution is 14.1. The Morgan fingerprint density at radius 3 is 2.45 bits per heavy atom. The van der Waals surface area contributed by atoms with Crippen molar-refractivity contribution in [3.63, 3.8) is 0 Å². The van der Waals surface area contributed by atoms with Crippen LogP contribution in [0, 0.1) is 3.57 Å². The highest BCUT2D eigenvalue weighted by atomic mass is 127. The molecule has 0 aliphatic heterocycles. The molecule has 20 heavy (non-hydrogen) atoms. The van der Waals surface area contributed by atoms with E-state index >= 15 is 0 Å². The molecule has 2 aromatic carbocycles. The lowest BCUT2D eigenvalue weighted by Crippen LogP contribution is -1.95. The molecule has 2 nitrogen and oxygen atoms in total. The van der Waals surface area contributed by atoms with Crippen molar-refractivity contribution in [1.82, 2.24) is 9.78 Å². The second-order valence-corrected chi connectivity index (χ2v) is 6.52. The molecule has 0 spiro atoms. The first-order valence-corrected chi connectivity index (χ1v) is 8.23. The van der Waals surface area contributed by atoms with E-state index in [2.05, 4.69) is 74.1 Å². The third-order valence-electron chi connectivity index (χ3n) is 3.09. The van der Waals surface area contributed by atoms with Crippen LogP contribution in [0.25, 0.3) is 5.69 Å². The summed E-state index contributed by atoms with van der Waals surface area (Å²) in [5, 5.41) is 4.45. The van der Waals surface area contributed by atoms with Crippen LogP contribution in [0.1, 0.15) is 16.0 Å². The molecule has 1 heterocycles. The van der Waals surface area contributed by atoms with Gasteiger partial charge in [-0.3, -0.25) is 0 Å². The van der Waals surface area contributed by atoms with Crippen LogP contribution >= 0.6 is 38.5 Å². The maximum Gasteiger partial charge on any atom is 0.0685 e. The Morgan fingerprint density at radius 1 is 1.00 bits per heavy atom. The summed E-state index contributed by atoms with van der Waals surface area (Å²) in [6.45, 7) is 0. The fourth-order valence-electron chi connectivity index (χ4n) is 2.05. The van der Waals surface area contributed by atoms with E-state index in [-0.39, 0.29) is 4.83 Å². The van der Waals surface area contributed by atoms with E-state index in [1.165, 1.54) is 9.13 Å². The Labute approximate surface area is 140 Å². The SMILES string of the molecule is BrC(c1cnn(-c2ccccc2)c1)c1ccccc1I. The lowest BCUT2D eigenvalue weighted by atomic mass is 10.1. The van der Waals surface area contributed by atoms with Gasteiger partial charge in [-0.05, 0) is 46.4 Å². The largest absolute Gasteiger partial charge is 0.241 e. The van der Waals surface area contributed by atoms with Crippen molar-refractivity contribution in [3.05, 3.63) is 81.7 Å². The summed E-state index contributed by atoms with van der Waals surface area (Å²) in [6, 6.07) is 18.5. The maximum atomic E-state index is 4.45. The van der Waals surface area contributed by atoms with Crippen molar-refractivity contribution in [2.75, 3.05) is 0 Å². The van der Waals surface area contributed by atoms with Gasteiger partial charge in [0.15, 0.2) is 0 Å². The molecule has 100 valence electrons. The quantitative estimate of drug-likeness (QED) is 0.417. The Morgan fingerprint density at radius 2 is 1.70 bits per heavy atom. The third-order valence-corrected chi connectivity index (χ3v) is 5.10. The van der Waals surface area contributed by atoms with E-state index in [0.29, 0.717) is 0 Å². The number of para-hydroxylation sites is 1. The smallest absolute Gasteiger partial charge is 0.0685 e. The minimum atomic E-state index is 0.160. The fourth-order valence-corrected chi connectivity index (χ4v) is 3.81. The van der Waals surface area contributed by atoms with Gasteiger partial charge in [-0.1, -0.05) is 52.3 Å². The first kappa shape index (κ1) is 13.8. The van der Waals surface area contributed by atoms with Crippen LogP contribution in [0.4, 0.5) is 0 Å². The maximum absolute atomic E-state index is 4.45. The van der Waals surface area contributed by atoms with Crippen LogP contribution < -0.4 is 0 Å². The molecule has 0 aliphatic carbocycles. The molecule has 1 aromatic heterocycles. The number of benzene rings is 2. The van der Waals surface area contributed by atoms with Gasteiger partial charge in [0.1, 0.15) is 0 Å². The molecule has 3 aromatic rings. The molecular weight excluding hydrogens is 427 g/mol. The minimum absolute atomic E-state index is 0.160. The van der Waals surface area contributed by atoms with E-state index in [4.69, 9.17) is 0 Å². The van der Waals surface area contributed by atoms with Crippen molar-refractivity contribution in [2.24, 2.45) is 0 Å². The second kappa shape index (κ2) is 6.10. The fraction of sp³-hybridized carbons (Fsp3) is 0.0625. The lowest BCUT2D eigenvalue weighted by Gasteiger charge is -2.09. The summed E-state index contributed by atoms with van der Waals surface area (Å²) in [7, 11) is 0. The van der Waals surface area contributed by atoms with Gasteiger partial charge in [0.05, 0.1) is 16.7 Å². The molecule has 0 aliphatic rings. The third kappa shape index (κ3) is 2.81. The van der Waals surface area contributed by atoms with Gasteiger partial charge in [0.25, 0.3) is 0 Å². The Hall–Kier alpha value is -1.14. The van der Waals surface area contributed by atoms with Crippen LogP contribution in [-0.4, -0.2) is 9.78 Å². The molecule has 0 amide bonds. The van der Waals surface area contributed by atoms with E-state index in [9.17, 15) is 0 Å². The molecule has 3 rings (SSSR count). The van der Waals surface area contributed by atoms with Crippen molar-refractivity contribution in [2.45, 2.75) is 4.83 Å². The van der Waals surface area contributed by atoms with E-state index in [0.717, 1.165) is 11.3 Å². The monoisotopic (exact) mass is 438 g/mol. The van der Waals surface area contributed by atoms with Crippen LogP contribution in [-0.2, 0) is 0 Å².